The van der Waals surface area contributed by atoms with Crippen LogP contribution in [-0.2, 0) is 28.6 Å². The highest BCUT2D eigenvalue weighted by Gasteiger charge is 2.19. The van der Waals surface area contributed by atoms with Gasteiger partial charge in [-0.1, -0.05) is 323 Å². The molecule has 0 radical (unpaired) electrons. The zero-order valence-electron chi connectivity index (χ0n) is 52.1. The third-order valence-electron chi connectivity index (χ3n) is 14.6. The maximum absolute atomic E-state index is 12.9. The molecule has 0 aliphatic heterocycles. The van der Waals surface area contributed by atoms with E-state index in [-0.39, 0.29) is 31.1 Å². The molecule has 0 spiro atoms. The van der Waals surface area contributed by atoms with Gasteiger partial charge in [-0.05, 0) is 83.5 Å². The Labute approximate surface area is 489 Å². The first-order valence-corrected chi connectivity index (χ1v) is 33.7. The molecule has 0 aromatic heterocycles. The first-order valence-electron chi connectivity index (χ1n) is 33.7. The van der Waals surface area contributed by atoms with Gasteiger partial charge in [0.05, 0.1) is 0 Å². The second-order valence-electron chi connectivity index (χ2n) is 22.4. The topological polar surface area (TPSA) is 78.9 Å². The lowest BCUT2D eigenvalue weighted by Gasteiger charge is -2.18. The Morgan fingerprint density at radius 3 is 0.772 bits per heavy atom. The molecule has 0 aromatic rings. The summed E-state index contributed by atoms with van der Waals surface area (Å²) in [4.78, 5) is 38.2. The average molecular weight is 1100 g/mol. The normalized spacial score (nSPS) is 12.7. The summed E-state index contributed by atoms with van der Waals surface area (Å²) in [6, 6.07) is 0. The summed E-state index contributed by atoms with van der Waals surface area (Å²) in [5.74, 6) is -0.864. The quantitative estimate of drug-likeness (QED) is 0.0261. The van der Waals surface area contributed by atoms with Crippen LogP contribution < -0.4 is 0 Å². The number of allylic oxidation sites excluding steroid dienone is 16. The molecule has 454 valence electrons. The smallest absolute Gasteiger partial charge is 0.306 e. The molecule has 0 aliphatic rings. The summed E-state index contributed by atoms with van der Waals surface area (Å²) < 4.78 is 16.9. The van der Waals surface area contributed by atoms with E-state index in [1.54, 1.807) is 0 Å². The van der Waals surface area contributed by atoms with E-state index in [9.17, 15) is 14.4 Å². The Morgan fingerprint density at radius 2 is 0.494 bits per heavy atom. The van der Waals surface area contributed by atoms with Crippen LogP contribution in [0.2, 0.25) is 0 Å². The van der Waals surface area contributed by atoms with Gasteiger partial charge < -0.3 is 14.2 Å². The number of rotatable bonds is 61. The molecule has 6 heteroatoms. The molecule has 0 N–H and O–H groups in total. The SMILES string of the molecule is CC/C=C\C/C=C\C/C=C\C/C=C\C/C=C\C/C=C\C/C=C\C/C=C\CCCCCCCCCCCCC(=O)OCC(COC(=O)CCCCCCCCCCCC)OC(=O)CCCCCCCCCCCCCCCCCC. The van der Waals surface area contributed by atoms with E-state index < -0.39 is 6.10 Å². The van der Waals surface area contributed by atoms with Crippen LogP contribution in [0.15, 0.2) is 97.2 Å². The van der Waals surface area contributed by atoms with Crippen LogP contribution in [0.1, 0.15) is 329 Å². The summed E-state index contributed by atoms with van der Waals surface area (Å²) in [6.07, 6.45) is 90.0. The number of hydrogen-bond acceptors (Lipinski definition) is 6. The van der Waals surface area contributed by atoms with Crippen LogP contribution in [0.3, 0.4) is 0 Å². The van der Waals surface area contributed by atoms with Crippen LogP contribution in [-0.4, -0.2) is 37.2 Å². The van der Waals surface area contributed by atoms with E-state index in [1.807, 2.05) is 0 Å². The molecule has 0 fully saturated rings. The van der Waals surface area contributed by atoms with Gasteiger partial charge in [0, 0.05) is 19.3 Å². The zero-order chi connectivity index (χ0) is 57.1. The summed E-state index contributed by atoms with van der Waals surface area (Å²) in [6.45, 7) is 6.55. The summed E-state index contributed by atoms with van der Waals surface area (Å²) in [5, 5.41) is 0. The van der Waals surface area contributed by atoms with Gasteiger partial charge in [-0.25, -0.2) is 0 Å². The molecule has 0 heterocycles. The molecule has 0 aromatic carbocycles. The fraction of sp³-hybridized carbons (Fsp3) is 0.740. The Hall–Kier alpha value is -3.67. The molecule has 6 nitrogen and oxygen atoms in total. The lowest BCUT2D eigenvalue weighted by molar-refractivity contribution is -0.167. The summed E-state index contributed by atoms with van der Waals surface area (Å²) in [5.41, 5.74) is 0. The van der Waals surface area contributed by atoms with Crippen molar-refractivity contribution in [2.75, 3.05) is 13.2 Å². The Kier molecular flexibility index (Phi) is 63.7. The van der Waals surface area contributed by atoms with E-state index in [0.29, 0.717) is 19.3 Å². The minimum atomic E-state index is -0.774. The predicted molar refractivity (Wildman–Crippen MR) is 344 cm³/mol. The Morgan fingerprint density at radius 1 is 0.266 bits per heavy atom. The van der Waals surface area contributed by atoms with Crippen molar-refractivity contribution in [1.29, 1.82) is 0 Å². The molecule has 0 aliphatic carbocycles. The zero-order valence-corrected chi connectivity index (χ0v) is 52.1. The number of unbranched alkanes of at least 4 members (excludes halogenated alkanes) is 34. The van der Waals surface area contributed by atoms with E-state index in [1.165, 1.54) is 180 Å². The van der Waals surface area contributed by atoms with Gasteiger partial charge >= 0.3 is 17.9 Å². The van der Waals surface area contributed by atoms with Crippen LogP contribution >= 0.6 is 0 Å². The van der Waals surface area contributed by atoms with Crippen molar-refractivity contribution in [1.82, 2.24) is 0 Å². The molecule has 0 rings (SSSR count). The molecule has 79 heavy (non-hydrogen) atoms. The van der Waals surface area contributed by atoms with E-state index in [0.717, 1.165) is 109 Å². The second kappa shape index (κ2) is 66.8. The van der Waals surface area contributed by atoms with Gasteiger partial charge in [0.1, 0.15) is 13.2 Å². The van der Waals surface area contributed by atoms with Gasteiger partial charge in [0.15, 0.2) is 6.10 Å². The molecule has 0 bridgehead atoms. The van der Waals surface area contributed by atoms with Crippen LogP contribution in [0.5, 0.6) is 0 Å². The first-order chi connectivity index (χ1) is 39.0. The van der Waals surface area contributed by atoms with Crippen LogP contribution in [0.4, 0.5) is 0 Å². The number of ether oxygens (including phenoxy) is 3. The number of carbonyl (C=O) groups excluding carboxylic acids is 3. The number of esters is 3. The first kappa shape index (κ1) is 75.3. The van der Waals surface area contributed by atoms with Crippen molar-refractivity contribution >= 4 is 17.9 Å². The monoisotopic (exact) mass is 1100 g/mol. The molecule has 0 amide bonds. The third kappa shape index (κ3) is 65.0. The molecule has 0 saturated heterocycles. The standard InChI is InChI=1S/C73H126O6/c1-4-7-10-13-16-19-22-24-26-28-29-30-31-32-33-34-35-36-37-38-39-40-41-42-43-44-45-46-48-49-51-54-57-60-63-66-72(75)78-69-70(68-77-71(74)65-62-59-56-53-21-18-15-12-9-6-3)79-73(76)67-64-61-58-55-52-50-47-27-25-23-20-17-14-11-8-5-2/h7,10,16,19,24,26,29-30,32-33,35-36,38-39,41-42,70H,4-6,8-9,11-15,17-18,20-23,25,27-28,31,34,37,40,43-69H2,1-3H3/b10-7-,19-16-,26-24-,30-29-,33-32-,36-35-,39-38-,42-41-. The third-order valence-corrected chi connectivity index (χ3v) is 14.6. The van der Waals surface area contributed by atoms with Crippen molar-refractivity contribution in [3.8, 4) is 0 Å². The number of carbonyl (C=O) groups is 3. The summed E-state index contributed by atoms with van der Waals surface area (Å²) in [7, 11) is 0. The molecular weight excluding hydrogens is 973 g/mol. The molecule has 1 unspecified atom stereocenters. The van der Waals surface area contributed by atoms with Gasteiger partial charge in [-0.15, -0.1) is 0 Å². The lowest BCUT2D eigenvalue weighted by atomic mass is 10.0. The van der Waals surface area contributed by atoms with E-state index in [4.69, 9.17) is 14.2 Å². The number of hydrogen-bond donors (Lipinski definition) is 0. The van der Waals surface area contributed by atoms with Gasteiger partial charge in [-0.2, -0.15) is 0 Å². The molecule has 0 saturated carbocycles. The van der Waals surface area contributed by atoms with E-state index >= 15 is 0 Å². The molecular formula is C73H126O6. The highest BCUT2D eigenvalue weighted by atomic mass is 16.6. The Bertz CT molecular complexity index is 1540. The van der Waals surface area contributed by atoms with Gasteiger partial charge in [0.2, 0.25) is 0 Å². The minimum absolute atomic E-state index is 0.0727. The van der Waals surface area contributed by atoms with Crippen molar-refractivity contribution in [2.24, 2.45) is 0 Å². The fourth-order valence-corrected chi connectivity index (χ4v) is 9.58. The second-order valence-corrected chi connectivity index (χ2v) is 22.4. The van der Waals surface area contributed by atoms with E-state index in [2.05, 4.69) is 118 Å². The van der Waals surface area contributed by atoms with Crippen molar-refractivity contribution < 1.29 is 28.6 Å². The maximum Gasteiger partial charge on any atom is 0.306 e. The maximum atomic E-state index is 12.9. The predicted octanol–water partition coefficient (Wildman–Crippen LogP) is 23.2. The van der Waals surface area contributed by atoms with Gasteiger partial charge in [0.25, 0.3) is 0 Å². The lowest BCUT2D eigenvalue weighted by Crippen LogP contribution is -2.30. The molecule has 1 atom stereocenters. The van der Waals surface area contributed by atoms with Gasteiger partial charge in [-0.3, -0.25) is 14.4 Å². The van der Waals surface area contributed by atoms with Crippen molar-refractivity contribution in [3.05, 3.63) is 97.2 Å². The van der Waals surface area contributed by atoms with Crippen molar-refractivity contribution in [2.45, 2.75) is 335 Å². The van der Waals surface area contributed by atoms with Crippen LogP contribution in [0, 0.1) is 0 Å². The Balaban J connectivity index is 4.15. The average Bonchev–Trinajstić information content (AvgIpc) is 3.45. The summed E-state index contributed by atoms with van der Waals surface area (Å²) >= 11 is 0. The van der Waals surface area contributed by atoms with Crippen LogP contribution in [0.25, 0.3) is 0 Å². The largest absolute Gasteiger partial charge is 0.462 e. The van der Waals surface area contributed by atoms with Crippen molar-refractivity contribution in [3.63, 3.8) is 0 Å². The minimum Gasteiger partial charge on any atom is -0.462 e. The fourth-order valence-electron chi connectivity index (χ4n) is 9.58. The highest BCUT2D eigenvalue weighted by molar-refractivity contribution is 5.71. The highest BCUT2D eigenvalue weighted by Crippen LogP contribution is 2.17.